The molecule has 2 aromatic rings. The fourth-order valence-corrected chi connectivity index (χ4v) is 2.37. The Bertz CT molecular complexity index is 561. The van der Waals surface area contributed by atoms with E-state index in [0.29, 0.717) is 4.99 Å². The van der Waals surface area contributed by atoms with Crippen molar-refractivity contribution in [2.45, 2.75) is 13.8 Å². The monoisotopic (exact) mass is 263 g/mol. The highest BCUT2D eigenvalue weighted by molar-refractivity contribution is 7.80. The molecule has 0 fully saturated rings. The number of aryl methyl sites for hydroxylation is 2. The molecule has 0 amide bonds. The quantitative estimate of drug-likeness (QED) is 0.835. The molecule has 0 atom stereocenters. The van der Waals surface area contributed by atoms with Crippen molar-refractivity contribution < 1.29 is 0 Å². The third-order valence-corrected chi connectivity index (χ3v) is 3.40. The lowest BCUT2D eigenvalue weighted by Gasteiger charge is -2.09. The van der Waals surface area contributed by atoms with Crippen LogP contribution in [0.1, 0.15) is 16.8 Å². The number of hydrogen-bond acceptors (Lipinski definition) is 4. The average Bonchev–Trinajstić information content (AvgIpc) is 2.66. The highest BCUT2D eigenvalue weighted by Crippen LogP contribution is 2.24. The zero-order valence-corrected chi connectivity index (χ0v) is 11.3. The molecule has 0 saturated carbocycles. The first kappa shape index (κ1) is 12.0. The van der Waals surface area contributed by atoms with Gasteiger partial charge in [-0.2, -0.15) is 0 Å². The average molecular weight is 263 g/mol. The largest absolute Gasteiger partial charge is 0.389 e. The topological polar surface area (TPSA) is 50.9 Å². The molecule has 3 N–H and O–H groups in total. The zero-order chi connectivity index (χ0) is 12.4. The summed E-state index contributed by atoms with van der Waals surface area (Å²) >= 11 is 6.61. The van der Waals surface area contributed by atoms with E-state index in [-0.39, 0.29) is 0 Å². The Morgan fingerprint density at radius 2 is 2.18 bits per heavy atom. The van der Waals surface area contributed by atoms with Gasteiger partial charge >= 0.3 is 0 Å². The van der Waals surface area contributed by atoms with Gasteiger partial charge in [0.2, 0.25) is 0 Å². The van der Waals surface area contributed by atoms with Crippen LogP contribution in [-0.4, -0.2) is 9.97 Å². The molecular formula is C12H13N3S2. The van der Waals surface area contributed by atoms with Gasteiger partial charge in [0.25, 0.3) is 0 Å². The van der Waals surface area contributed by atoms with Crippen LogP contribution in [0.25, 0.3) is 0 Å². The van der Waals surface area contributed by atoms with E-state index in [2.05, 4.69) is 10.3 Å². The minimum absolute atomic E-state index is 0.393. The van der Waals surface area contributed by atoms with Gasteiger partial charge in [0.15, 0.2) is 5.13 Å². The van der Waals surface area contributed by atoms with Gasteiger partial charge in [0.05, 0.1) is 11.4 Å². The van der Waals surface area contributed by atoms with Crippen molar-refractivity contribution in [3.05, 3.63) is 40.4 Å². The van der Waals surface area contributed by atoms with Crippen molar-refractivity contribution in [3.63, 3.8) is 0 Å². The third kappa shape index (κ3) is 2.81. The summed E-state index contributed by atoms with van der Waals surface area (Å²) in [6.45, 7) is 3.98. The summed E-state index contributed by atoms with van der Waals surface area (Å²) in [5.41, 5.74) is 9.61. The van der Waals surface area contributed by atoms with Gasteiger partial charge < -0.3 is 11.1 Å². The lowest BCUT2D eigenvalue weighted by molar-refractivity contribution is 1.26. The minimum Gasteiger partial charge on any atom is -0.389 e. The van der Waals surface area contributed by atoms with Crippen LogP contribution in [0, 0.1) is 13.8 Å². The Labute approximate surface area is 110 Å². The molecule has 3 nitrogen and oxygen atoms in total. The molecule has 0 radical (unpaired) electrons. The Kier molecular flexibility index (Phi) is 3.40. The Hall–Kier alpha value is -1.46. The molecule has 0 bridgehead atoms. The molecule has 0 saturated heterocycles. The van der Waals surface area contributed by atoms with Gasteiger partial charge in [0.1, 0.15) is 4.99 Å². The number of rotatable bonds is 3. The molecule has 88 valence electrons. The lowest BCUT2D eigenvalue weighted by atomic mass is 10.1. The van der Waals surface area contributed by atoms with Gasteiger partial charge in [-0.15, -0.1) is 11.3 Å². The summed E-state index contributed by atoms with van der Waals surface area (Å²) < 4.78 is 0. The summed E-state index contributed by atoms with van der Waals surface area (Å²) in [5.74, 6) is 0. The van der Waals surface area contributed by atoms with Crippen LogP contribution < -0.4 is 11.1 Å². The summed E-state index contributed by atoms with van der Waals surface area (Å²) in [6, 6.07) is 5.97. The number of hydrogen-bond donors (Lipinski definition) is 2. The van der Waals surface area contributed by atoms with E-state index in [1.807, 2.05) is 37.4 Å². The summed E-state index contributed by atoms with van der Waals surface area (Å²) in [7, 11) is 0. The van der Waals surface area contributed by atoms with E-state index in [4.69, 9.17) is 18.0 Å². The van der Waals surface area contributed by atoms with Crippen LogP contribution in [0.3, 0.4) is 0 Å². The number of nitrogens with one attached hydrogen (secondary N) is 1. The molecule has 0 spiro atoms. The number of nitrogens with two attached hydrogens (primary N) is 1. The van der Waals surface area contributed by atoms with Crippen LogP contribution in [0.15, 0.2) is 23.6 Å². The maximum Gasteiger partial charge on any atom is 0.187 e. The molecule has 17 heavy (non-hydrogen) atoms. The molecule has 0 aliphatic heterocycles. The van der Waals surface area contributed by atoms with E-state index in [0.717, 1.165) is 27.6 Å². The van der Waals surface area contributed by atoms with Crippen molar-refractivity contribution in [1.82, 2.24) is 4.98 Å². The van der Waals surface area contributed by atoms with Crippen molar-refractivity contribution in [3.8, 4) is 0 Å². The molecule has 2 rings (SSSR count). The predicted octanol–water partition coefficient (Wildman–Crippen LogP) is 3.14. The Morgan fingerprint density at radius 1 is 1.41 bits per heavy atom. The molecule has 0 aliphatic rings. The number of nitrogens with zero attached hydrogens (tertiary/aromatic N) is 1. The van der Waals surface area contributed by atoms with Gasteiger partial charge in [0, 0.05) is 10.9 Å². The van der Waals surface area contributed by atoms with Gasteiger partial charge in [-0.3, -0.25) is 0 Å². The normalized spacial score (nSPS) is 10.2. The standard InChI is InChI=1S/C12H13N3S2/c1-7-3-4-10(9(5-7)11(13)16)15-12-14-8(2)6-17-12/h3-6H,1-2H3,(H2,13,16)(H,14,15). The predicted molar refractivity (Wildman–Crippen MR) is 77.2 cm³/mol. The molecule has 5 heteroatoms. The summed E-state index contributed by atoms with van der Waals surface area (Å²) in [6.07, 6.45) is 0. The van der Waals surface area contributed by atoms with Crippen LogP contribution in [-0.2, 0) is 0 Å². The second-order valence-corrected chi connectivity index (χ2v) is 5.13. The first-order chi connectivity index (χ1) is 8.06. The second-order valence-electron chi connectivity index (χ2n) is 3.83. The van der Waals surface area contributed by atoms with E-state index in [1.165, 1.54) is 0 Å². The maximum absolute atomic E-state index is 5.72. The van der Waals surface area contributed by atoms with Crippen molar-refractivity contribution >= 4 is 39.4 Å². The maximum atomic E-state index is 5.72. The van der Waals surface area contributed by atoms with Crippen molar-refractivity contribution in [1.29, 1.82) is 0 Å². The molecule has 1 aromatic heterocycles. The number of thiocarbonyl (C=S) groups is 1. The van der Waals surface area contributed by atoms with E-state index < -0.39 is 0 Å². The Morgan fingerprint density at radius 3 is 2.76 bits per heavy atom. The summed E-state index contributed by atoms with van der Waals surface area (Å²) in [4.78, 5) is 4.75. The van der Waals surface area contributed by atoms with Crippen molar-refractivity contribution in [2.75, 3.05) is 5.32 Å². The molecular weight excluding hydrogens is 250 g/mol. The number of anilines is 2. The highest BCUT2D eigenvalue weighted by Gasteiger charge is 2.07. The van der Waals surface area contributed by atoms with Crippen LogP contribution in [0.2, 0.25) is 0 Å². The molecule has 0 unspecified atom stereocenters. The molecule has 1 aromatic carbocycles. The number of benzene rings is 1. The van der Waals surface area contributed by atoms with Gasteiger partial charge in [-0.1, -0.05) is 23.8 Å². The highest BCUT2D eigenvalue weighted by atomic mass is 32.1. The summed E-state index contributed by atoms with van der Waals surface area (Å²) in [5, 5.41) is 6.09. The first-order valence-corrected chi connectivity index (χ1v) is 6.44. The van der Waals surface area contributed by atoms with Crippen LogP contribution >= 0.6 is 23.6 Å². The minimum atomic E-state index is 0.393. The van der Waals surface area contributed by atoms with Gasteiger partial charge in [-0.25, -0.2) is 4.98 Å². The first-order valence-electron chi connectivity index (χ1n) is 5.16. The zero-order valence-electron chi connectivity index (χ0n) is 9.65. The van der Waals surface area contributed by atoms with E-state index in [1.54, 1.807) is 11.3 Å². The van der Waals surface area contributed by atoms with Gasteiger partial charge in [-0.05, 0) is 26.0 Å². The third-order valence-electron chi connectivity index (χ3n) is 2.30. The smallest absolute Gasteiger partial charge is 0.187 e. The molecule has 1 heterocycles. The lowest BCUT2D eigenvalue weighted by Crippen LogP contribution is -2.12. The van der Waals surface area contributed by atoms with E-state index >= 15 is 0 Å². The molecule has 0 aliphatic carbocycles. The fourth-order valence-electron chi connectivity index (χ4n) is 1.50. The van der Waals surface area contributed by atoms with Crippen LogP contribution in [0.4, 0.5) is 10.8 Å². The fraction of sp³-hybridized carbons (Fsp3) is 0.167. The van der Waals surface area contributed by atoms with Crippen LogP contribution in [0.5, 0.6) is 0 Å². The van der Waals surface area contributed by atoms with E-state index in [9.17, 15) is 0 Å². The van der Waals surface area contributed by atoms with Crippen molar-refractivity contribution in [2.24, 2.45) is 5.73 Å². The Balaban J connectivity index is 2.35. The SMILES string of the molecule is Cc1ccc(Nc2nc(C)cs2)c(C(N)=S)c1. The number of thiazole rings is 1. The second kappa shape index (κ2) is 4.81. The number of aromatic nitrogens is 1.